The Morgan fingerprint density at radius 2 is 1.97 bits per heavy atom. The van der Waals surface area contributed by atoms with Crippen LogP contribution in [0.5, 0.6) is 5.75 Å². The summed E-state index contributed by atoms with van der Waals surface area (Å²) >= 11 is 0. The van der Waals surface area contributed by atoms with Crippen LogP contribution in [0.15, 0.2) is 54.7 Å². The van der Waals surface area contributed by atoms with Crippen LogP contribution < -0.4 is 4.74 Å². The molecular weight excluding hydrogens is 446 g/mol. The van der Waals surface area contributed by atoms with Crippen LogP contribution in [0, 0.1) is 0 Å². The molecule has 9 heteroatoms. The van der Waals surface area contributed by atoms with Gasteiger partial charge < -0.3 is 19.5 Å². The maximum Gasteiger partial charge on any atom is 0.410 e. The van der Waals surface area contributed by atoms with Crippen molar-refractivity contribution in [2.24, 2.45) is 0 Å². The predicted octanol–water partition coefficient (Wildman–Crippen LogP) is 4.08. The molecule has 9 nitrogen and oxygen atoms in total. The topological polar surface area (TPSA) is 102 Å². The van der Waals surface area contributed by atoms with Crippen LogP contribution in [-0.2, 0) is 4.74 Å². The highest BCUT2D eigenvalue weighted by molar-refractivity contribution is 5.86. The molecule has 5 rings (SSSR count). The molecular formula is C26H29N5O4. The van der Waals surface area contributed by atoms with Crippen molar-refractivity contribution in [1.29, 1.82) is 0 Å². The van der Waals surface area contributed by atoms with E-state index in [0.29, 0.717) is 36.7 Å². The van der Waals surface area contributed by atoms with Crippen molar-refractivity contribution < 1.29 is 19.4 Å². The molecule has 0 aliphatic carbocycles. The number of aliphatic hydroxyl groups excluding tert-OH is 1. The Kier molecular flexibility index (Phi) is 6.02. The zero-order valence-corrected chi connectivity index (χ0v) is 20.1. The van der Waals surface area contributed by atoms with Crippen molar-refractivity contribution >= 4 is 22.6 Å². The number of hydrogen-bond donors (Lipinski definition) is 1. The predicted molar refractivity (Wildman–Crippen MR) is 131 cm³/mol. The zero-order chi connectivity index (χ0) is 24.6. The van der Waals surface area contributed by atoms with E-state index >= 15 is 0 Å². The summed E-state index contributed by atoms with van der Waals surface area (Å²) in [4.78, 5) is 19.1. The Morgan fingerprint density at radius 3 is 2.77 bits per heavy atom. The second-order valence-electron chi connectivity index (χ2n) is 9.75. The summed E-state index contributed by atoms with van der Waals surface area (Å²) < 4.78 is 13.8. The average Bonchev–Trinajstić information content (AvgIpc) is 3.27. The molecule has 0 bridgehead atoms. The molecule has 1 saturated heterocycles. The summed E-state index contributed by atoms with van der Waals surface area (Å²) in [6, 6.07) is 15.1. The summed E-state index contributed by atoms with van der Waals surface area (Å²) in [7, 11) is 0. The van der Waals surface area contributed by atoms with Crippen LogP contribution >= 0.6 is 0 Å². The molecule has 1 aromatic carbocycles. The van der Waals surface area contributed by atoms with Gasteiger partial charge in [0.15, 0.2) is 11.5 Å². The van der Waals surface area contributed by atoms with E-state index in [1.165, 1.54) is 0 Å². The first kappa shape index (κ1) is 23.0. The Hall–Kier alpha value is -3.72. The van der Waals surface area contributed by atoms with Gasteiger partial charge in [-0.25, -0.2) is 9.78 Å². The molecule has 1 aliphatic rings. The van der Waals surface area contributed by atoms with Crippen LogP contribution in [0.2, 0.25) is 0 Å². The van der Waals surface area contributed by atoms with Crippen LogP contribution in [0.25, 0.3) is 28.1 Å². The van der Waals surface area contributed by atoms with Crippen molar-refractivity contribution in [3.63, 3.8) is 0 Å². The van der Waals surface area contributed by atoms with Crippen molar-refractivity contribution in [3.8, 4) is 17.3 Å². The van der Waals surface area contributed by atoms with E-state index in [9.17, 15) is 9.90 Å². The first-order chi connectivity index (χ1) is 16.8. The van der Waals surface area contributed by atoms with Gasteiger partial charge in [-0.2, -0.15) is 0 Å². The summed E-state index contributed by atoms with van der Waals surface area (Å²) in [5, 5.41) is 19.5. The maximum atomic E-state index is 12.6. The zero-order valence-electron chi connectivity index (χ0n) is 20.1. The van der Waals surface area contributed by atoms with Crippen molar-refractivity contribution in [2.45, 2.75) is 51.4 Å². The third-order valence-corrected chi connectivity index (χ3v) is 6.03. The largest absolute Gasteiger partial charge is 0.488 e. The standard InChI is InChI=1S/C26H29N5O4/c1-26(2,3)35-25(33)30-14-12-19(15-18(30)16-32)34-21-8-6-7-17-10-11-20(27-23(17)21)24-29-28-22-9-4-5-13-31(22)24/h4-11,13,18-19,32H,12,14-16H2,1-3H3. The number of benzene rings is 1. The van der Waals surface area contributed by atoms with E-state index in [4.69, 9.17) is 14.5 Å². The highest BCUT2D eigenvalue weighted by Gasteiger charge is 2.35. The minimum absolute atomic E-state index is 0.156. The van der Waals surface area contributed by atoms with Crippen LogP contribution in [0.4, 0.5) is 4.79 Å². The fourth-order valence-electron chi connectivity index (χ4n) is 4.39. The molecule has 2 atom stereocenters. The van der Waals surface area contributed by atoms with Gasteiger partial charge in [-0.3, -0.25) is 4.40 Å². The van der Waals surface area contributed by atoms with Gasteiger partial charge in [0.25, 0.3) is 0 Å². The second-order valence-corrected chi connectivity index (χ2v) is 9.75. The number of piperidine rings is 1. The average molecular weight is 476 g/mol. The van der Waals surface area contributed by atoms with Crippen molar-refractivity contribution in [3.05, 3.63) is 54.7 Å². The van der Waals surface area contributed by atoms with E-state index in [1.807, 2.05) is 79.9 Å². The number of rotatable bonds is 4. The number of nitrogens with zero attached hydrogens (tertiary/aromatic N) is 5. The van der Waals surface area contributed by atoms with E-state index in [1.54, 1.807) is 4.90 Å². The first-order valence-electron chi connectivity index (χ1n) is 11.8. The molecule has 0 radical (unpaired) electrons. The lowest BCUT2D eigenvalue weighted by Gasteiger charge is -2.39. The molecule has 2 unspecified atom stereocenters. The fraction of sp³-hybridized carbons (Fsp3) is 0.385. The maximum absolute atomic E-state index is 12.6. The second kappa shape index (κ2) is 9.14. The lowest BCUT2D eigenvalue weighted by Crippen LogP contribution is -2.51. The Balaban J connectivity index is 1.39. The Morgan fingerprint density at radius 1 is 1.11 bits per heavy atom. The van der Waals surface area contributed by atoms with E-state index in [2.05, 4.69) is 10.2 Å². The number of ether oxygens (including phenoxy) is 2. The molecule has 1 N–H and O–H groups in total. The quantitative estimate of drug-likeness (QED) is 0.474. The third kappa shape index (κ3) is 4.77. The van der Waals surface area contributed by atoms with Crippen molar-refractivity contribution in [2.75, 3.05) is 13.2 Å². The number of fused-ring (bicyclic) bond motifs is 2. The minimum Gasteiger partial charge on any atom is -0.488 e. The van der Waals surface area contributed by atoms with Crippen LogP contribution in [0.3, 0.4) is 0 Å². The van der Waals surface area contributed by atoms with E-state index in [0.717, 1.165) is 16.6 Å². The number of para-hydroxylation sites is 1. The van der Waals surface area contributed by atoms with Gasteiger partial charge in [-0.1, -0.05) is 24.3 Å². The number of pyridine rings is 2. The van der Waals surface area contributed by atoms with Crippen molar-refractivity contribution in [1.82, 2.24) is 24.5 Å². The van der Waals surface area contributed by atoms with E-state index < -0.39 is 11.7 Å². The lowest BCUT2D eigenvalue weighted by atomic mass is 10.00. The number of carbonyl (C=O) groups excluding carboxylic acids is 1. The highest BCUT2D eigenvalue weighted by Crippen LogP contribution is 2.30. The molecule has 3 aromatic heterocycles. The Bertz CT molecular complexity index is 1360. The summed E-state index contributed by atoms with van der Waals surface area (Å²) in [5.41, 5.74) is 1.58. The van der Waals surface area contributed by atoms with Gasteiger partial charge in [0, 0.05) is 31.0 Å². The van der Waals surface area contributed by atoms with Gasteiger partial charge in [0.2, 0.25) is 0 Å². The number of hydrogen-bond acceptors (Lipinski definition) is 7. The molecule has 182 valence electrons. The van der Waals surface area contributed by atoms with Gasteiger partial charge in [0.1, 0.15) is 28.7 Å². The first-order valence-corrected chi connectivity index (χ1v) is 11.8. The molecule has 4 heterocycles. The summed E-state index contributed by atoms with van der Waals surface area (Å²) in [5.74, 6) is 1.31. The number of aromatic nitrogens is 4. The monoisotopic (exact) mass is 475 g/mol. The van der Waals surface area contributed by atoms with Gasteiger partial charge in [0.05, 0.1) is 12.6 Å². The fourth-order valence-corrected chi connectivity index (χ4v) is 4.39. The molecule has 0 saturated carbocycles. The molecule has 1 amide bonds. The number of likely N-dealkylation sites (tertiary alicyclic amines) is 1. The van der Waals surface area contributed by atoms with Gasteiger partial charge in [-0.15, -0.1) is 10.2 Å². The normalized spacial score (nSPS) is 18.7. The summed E-state index contributed by atoms with van der Waals surface area (Å²) in [6.07, 6.45) is 2.45. The molecule has 4 aromatic rings. The smallest absolute Gasteiger partial charge is 0.410 e. The van der Waals surface area contributed by atoms with E-state index in [-0.39, 0.29) is 18.8 Å². The molecule has 1 aliphatic heterocycles. The van der Waals surface area contributed by atoms with Crippen LogP contribution in [-0.4, -0.2) is 66.6 Å². The molecule has 1 fully saturated rings. The molecule has 0 spiro atoms. The third-order valence-electron chi connectivity index (χ3n) is 6.03. The van der Waals surface area contributed by atoms with Crippen LogP contribution in [0.1, 0.15) is 33.6 Å². The minimum atomic E-state index is -0.591. The summed E-state index contributed by atoms with van der Waals surface area (Å²) in [6.45, 7) is 5.79. The number of carbonyl (C=O) groups is 1. The number of aliphatic hydroxyl groups is 1. The SMILES string of the molecule is CC(C)(C)OC(=O)N1CCC(Oc2cccc3ccc(-c4nnc5ccccn45)nc23)CC1CO. The number of amides is 1. The Labute approximate surface area is 203 Å². The lowest BCUT2D eigenvalue weighted by molar-refractivity contribution is -0.0142. The molecule has 35 heavy (non-hydrogen) atoms. The highest BCUT2D eigenvalue weighted by atomic mass is 16.6. The van der Waals surface area contributed by atoms with Gasteiger partial charge in [-0.05, 0) is 45.0 Å². The van der Waals surface area contributed by atoms with Gasteiger partial charge >= 0.3 is 6.09 Å².